The Bertz CT molecular complexity index is 521. The van der Waals surface area contributed by atoms with Crippen molar-refractivity contribution in [2.24, 2.45) is 0 Å². The van der Waals surface area contributed by atoms with Gasteiger partial charge in [-0.15, -0.1) is 5.26 Å². The molecule has 1 aromatic carbocycles. The van der Waals surface area contributed by atoms with Gasteiger partial charge in [0.15, 0.2) is 10.1 Å². The summed E-state index contributed by atoms with van der Waals surface area (Å²) in [5.74, 6) is -0.245. The van der Waals surface area contributed by atoms with E-state index in [2.05, 4.69) is 4.08 Å². The average molecular weight is 397 g/mol. The third-order valence-electron chi connectivity index (χ3n) is 1.24. The van der Waals surface area contributed by atoms with E-state index < -0.39 is 36.8 Å². The third-order valence-corrected chi connectivity index (χ3v) is 3.39. The van der Waals surface area contributed by atoms with Crippen molar-refractivity contribution in [3.63, 3.8) is 0 Å². The third kappa shape index (κ3) is 6.72. The summed E-state index contributed by atoms with van der Waals surface area (Å²) in [6.45, 7) is 0. The molecule has 0 bridgehead atoms. The second-order valence-electron chi connectivity index (χ2n) is 2.52. The van der Waals surface area contributed by atoms with Crippen molar-refractivity contribution >= 4 is 10.1 Å². The number of nitrogens with zero attached hydrogens (tertiary/aromatic N) is 1. The first kappa shape index (κ1) is 17.1. The van der Waals surface area contributed by atoms with Gasteiger partial charge in [0, 0.05) is 0 Å². The molecular formula is C8H4F4INO3S. The van der Waals surface area contributed by atoms with Crippen LogP contribution in [0.2, 0.25) is 0 Å². The maximum atomic E-state index is 12.3. The summed E-state index contributed by atoms with van der Waals surface area (Å²) in [6, 6.07) is 6.08. The second kappa shape index (κ2) is 6.86. The molecule has 0 aliphatic rings. The number of alkyl halides is 3. The molecule has 0 N–H and O–H groups in total. The maximum Gasteiger partial charge on any atom is 0.485 e. The Hall–Kier alpha value is -0.930. The molecule has 0 aromatic heterocycles. The first-order chi connectivity index (χ1) is 8.08. The van der Waals surface area contributed by atoms with E-state index in [0.717, 1.165) is 3.57 Å². The zero-order chi connectivity index (χ0) is 14.4. The Morgan fingerprint density at radius 1 is 1.22 bits per heavy atom. The normalized spacial score (nSPS) is 11.1. The number of rotatable bonds is 1. The Morgan fingerprint density at radius 3 is 1.89 bits per heavy atom. The molecule has 0 amide bonds. The molecule has 1 aromatic rings. The molecule has 18 heavy (non-hydrogen) atoms. The molecule has 0 unspecified atom stereocenters. The lowest BCUT2D eigenvalue weighted by Gasteiger charge is -2.08. The highest BCUT2D eigenvalue weighted by Crippen LogP contribution is 2.20. The van der Waals surface area contributed by atoms with Crippen LogP contribution in [-0.4, -0.2) is 18.5 Å². The van der Waals surface area contributed by atoms with Crippen LogP contribution >= 0.6 is 0 Å². The van der Waals surface area contributed by atoms with Gasteiger partial charge in [-0.25, -0.2) is 12.8 Å². The fourth-order valence-electron chi connectivity index (χ4n) is 0.541. The molecular weight excluding hydrogens is 393 g/mol. The zero-order valence-electron chi connectivity index (χ0n) is 8.28. The molecule has 0 atom stereocenters. The first-order valence-electron chi connectivity index (χ1n) is 3.88. The highest BCUT2D eigenvalue weighted by molar-refractivity contribution is 7.86. The van der Waals surface area contributed by atoms with E-state index in [1.807, 2.05) is 0 Å². The Kier molecular flexibility index (Phi) is 6.50. The molecule has 0 fully saturated rings. The predicted molar refractivity (Wildman–Crippen MR) is 46.5 cm³/mol. The molecule has 4 nitrogen and oxygen atoms in total. The minimum Gasteiger partial charge on any atom is -0.741 e. The minimum absolute atomic E-state index is 0.245. The smallest absolute Gasteiger partial charge is 0.485 e. The van der Waals surface area contributed by atoms with E-state index >= 15 is 0 Å². The van der Waals surface area contributed by atoms with Crippen LogP contribution in [0.25, 0.3) is 0 Å². The number of hydrogen-bond donors (Lipinski definition) is 0. The van der Waals surface area contributed by atoms with Crippen molar-refractivity contribution in [2.45, 2.75) is 5.51 Å². The number of benzene rings is 1. The van der Waals surface area contributed by atoms with E-state index in [1.165, 1.54) is 12.1 Å². The lowest BCUT2D eigenvalue weighted by atomic mass is 10.4. The van der Waals surface area contributed by atoms with Crippen molar-refractivity contribution in [1.29, 1.82) is 5.26 Å². The van der Waals surface area contributed by atoms with Crippen LogP contribution < -0.4 is 21.2 Å². The fourth-order valence-corrected chi connectivity index (χ4v) is 1.54. The van der Waals surface area contributed by atoms with Crippen molar-refractivity contribution in [3.05, 3.63) is 33.7 Å². The van der Waals surface area contributed by atoms with Gasteiger partial charge in [0.2, 0.25) is 3.57 Å². The molecule has 0 aliphatic carbocycles. The van der Waals surface area contributed by atoms with E-state index in [9.17, 15) is 17.6 Å². The van der Waals surface area contributed by atoms with E-state index in [0.29, 0.717) is 0 Å². The molecule has 10 heteroatoms. The number of nitriles is 1. The van der Waals surface area contributed by atoms with Gasteiger partial charge in [0.05, 0.1) is 0 Å². The van der Waals surface area contributed by atoms with Gasteiger partial charge in [-0.2, -0.15) is 13.2 Å². The summed E-state index contributed by atoms with van der Waals surface area (Å²) in [5, 5.41) is 8.29. The first-order valence-corrected chi connectivity index (χ1v) is 7.45. The van der Waals surface area contributed by atoms with Crippen molar-refractivity contribution in [1.82, 2.24) is 0 Å². The molecule has 0 spiro atoms. The largest absolute Gasteiger partial charge is 0.741 e. The molecule has 0 aliphatic heterocycles. The topological polar surface area (TPSA) is 81.0 Å². The standard InChI is InChI=1S/C7H4FIN.CHF3O3S/c8-6-1-3-7(4-2-6)9-5-10;2-1(3,4)8(5,6)7/h1-4H;(H,5,6,7)/q+1;/p-1. The van der Waals surface area contributed by atoms with Crippen LogP contribution in [0.15, 0.2) is 24.3 Å². The van der Waals surface area contributed by atoms with Crippen LogP contribution in [0.1, 0.15) is 0 Å². The van der Waals surface area contributed by atoms with Gasteiger partial charge >= 0.3 is 30.8 Å². The lowest BCUT2D eigenvalue weighted by Crippen LogP contribution is -3.59. The Morgan fingerprint density at radius 2 is 1.61 bits per heavy atom. The maximum absolute atomic E-state index is 12.3. The quantitative estimate of drug-likeness (QED) is 0.253. The second-order valence-corrected chi connectivity index (χ2v) is 6.15. The summed E-state index contributed by atoms with van der Waals surface area (Å²) >= 11 is -0.544. The molecule has 100 valence electrons. The molecule has 0 heterocycles. The van der Waals surface area contributed by atoms with Crippen LogP contribution in [-0.2, 0) is 10.1 Å². The van der Waals surface area contributed by atoms with Crippen molar-refractivity contribution in [2.75, 3.05) is 0 Å². The molecule has 0 saturated carbocycles. The van der Waals surface area contributed by atoms with Crippen LogP contribution in [0.3, 0.4) is 0 Å². The highest BCUT2D eigenvalue weighted by atomic mass is 127. The zero-order valence-corrected chi connectivity index (χ0v) is 11.3. The Balaban J connectivity index is 0.000000331. The Labute approximate surface area is 110 Å². The molecule has 0 saturated heterocycles. The van der Waals surface area contributed by atoms with Gasteiger partial charge in [-0.1, -0.05) is 0 Å². The minimum atomic E-state index is -6.09. The molecule has 1 rings (SSSR count). The van der Waals surface area contributed by atoms with Gasteiger partial charge < -0.3 is 4.55 Å². The van der Waals surface area contributed by atoms with Gasteiger partial charge in [0.1, 0.15) is 5.82 Å². The fraction of sp³-hybridized carbons (Fsp3) is 0.125. The summed E-state index contributed by atoms with van der Waals surface area (Å²) in [5.41, 5.74) is -5.65. The van der Waals surface area contributed by atoms with Gasteiger partial charge in [-0.3, -0.25) is 0 Å². The van der Waals surface area contributed by atoms with Crippen molar-refractivity contribution < 1.29 is 51.7 Å². The van der Waals surface area contributed by atoms with Crippen LogP contribution in [0.5, 0.6) is 0 Å². The average Bonchev–Trinajstić information content (AvgIpc) is 2.20. The summed E-state index contributed by atoms with van der Waals surface area (Å²) in [7, 11) is -6.09. The highest BCUT2D eigenvalue weighted by Gasteiger charge is 2.36. The SMILES string of the molecule is N#C[I+]c1ccc(F)cc1.O=S(=O)([O-])C(F)(F)F. The summed E-state index contributed by atoms with van der Waals surface area (Å²) < 4.78 is 74.2. The van der Waals surface area contributed by atoms with E-state index in [4.69, 9.17) is 18.2 Å². The monoisotopic (exact) mass is 397 g/mol. The number of halogens is 5. The van der Waals surface area contributed by atoms with Gasteiger partial charge in [-0.05, 0) is 24.3 Å². The lowest BCUT2D eigenvalue weighted by molar-refractivity contribution is -0.538. The molecule has 0 radical (unpaired) electrons. The van der Waals surface area contributed by atoms with E-state index in [-0.39, 0.29) is 5.82 Å². The van der Waals surface area contributed by atoms with Crippen LogP contribution in [0.4, 0.5) is 17.6 Å². The van der Waals surface area contributed by atoms with E-state index in [1.54, 1.807) is 12.1 Å². The van der Waals surface area contributed by atoms with Crippen molar-refractivity contribution in [3.8, 4) is 4.08 Å². The number of hydrogen-bond acceptors (Lipinski definition) is 4. The van der Waals surface area contributed by atoms with Crippen LogP contribution in [0, 0.1) is 18.7 Å². The van der Waals surface area contributed by atoms with Gasteiger partial charge in [0.25, 0.3) is 0 Å². The summed E-state index contributed by atoms with van der Waals surface area (Å²) in [4.78, 5) is 0. The predicted octanol–water partition coefficient (Wildman–Crippen LogP) is -1.38. The summed E-state index contributed by atoms with van der Waals surface area (Å²) in [6.07, 6.45) is 0.